The van der Waals surface area contributed by atoms with Crippen LogP contribution in [-0.2, 0) is 27.5 Å². The van der Waals surface area contributed by atoms with E-state index >= 15 is 0 Å². The second-order valence-electron chi connectivity index (χ2n) is 18.3. The van der Waals surface area contributed by atoms with Crippen LogP contribution in [0.5, 0.6) is 11.5 Å². The Kier molecular flexibility index (Phi) is 20.2. The lowest BCUT2D eigenvalue weighted by atomic mass is 9.55. The summed E-state index contributed by atoms with van der Waals surface area (Å²) in [6, 6.07) is 24.6. The fourth-order valence-electron chi connectivity index (χ4n) is 10.4. The molecule has 0 unspecified atom stereocenters. The Labute approximate surface area is 393 Å². The highest BCUT2D eigenvalue weighted by atomic mass is 16.7. The summed E-state index contributed by atoms with van der Waals surface area (Å²) < 4.78 is 20.3. The molecule has 0 spiro atoms. The predicted molar refractivity (Wildman–Crippen MR) is 260 cm³/mol. The highest BCUT2D eigenvalue weighted by molar-refractivity contribution is 6.03. The van der Waals surface area contributed by atoms with Gasteiger partial charge in [0.25, 0.3) is 0 Å². The molecule has 1 heterocycles. The quantitative estimate of drug-likeness (QED) is 0.0372. The molecule has 3 aromatic carbocycles. The number of nitrogens with one attached hydrogen (secondary N) is 1. The SMILES string of the molecule is C=CCO[C@@]12Oc3ccc(OC(=O)NCc4ccccc4)cc3[C@H]3[C@H](CCCCO)[C@@H](CCCCO)C=C(C(=NOCc4ccccc4)C[C@@H]1N(C)C(=O)CCCCCCCCCCC)[C@H]32. The molecular formula is C55H75N3O8. The molecule has 11 heteroatoms. The van der Waals surface area contributed by atoms with Crippen molar-refractivity contribution in [3.63, 3.8) is 0 Å². The normalized spacial score (nSPS) is 22.3. The Bertz CT molecular complexity index is 2020. The van der Waals surface area contributed by atoms with Crippen LogP contribution in [0.1, 0.15) is 139 Å². The van der Waals surface area contributed by atoms with Crippen LogP contribution >= 0.6 is 0 Å². The van der Waals surface area contributed by atoms with E-state index < -0.39 is 23.8 Å². The molecule has 2 aliphatic carbocycles. The number of likely N-dealkylation sites (N-methyl/N-ethyl adjacent to an activating group) is 1. The van der Waals surface area contributed by atoms with Crippen LogP contribution in [0.15, 0.2) is 108 Å². The summed E-state index contributed by atoms with van der Waals surface area (Å²) in [5, 5.41) is 27.7. The maximum Gasteiger partial charge on any atom is 0.412 e. The highest BCUT2D eigenvalue weighted by Gasteiger charge is 2.65. The maximum absolute atomic E-state index is 14.5. The van der Waals surface area contributed by atoms with Gasteiger partial charge in [-0.15, -0.1) is 6.58 Å². The topological polar surface area (TPSA) is 139 Å². The molecular weight excluding hydrogens is 831 g/mol. The van der Waals surface area contributed by atoms with E-state index in [0.29, 0.717) is 43.7 Å². The first-order valence-electron chi connectivity index (χ1n) is 24.8. The molecule has 3 aliphatic rings. The van der Waals surface area contributed by atoms with Gasteiger partial charge in [-0.2, -0.15) is 0 Å². The van der Waals surface area contributed by atoms with Crippen LogP contribution in [0.2, 0.25) is 0 Å². The number of aliphatic hydroxyl groups is 2. The van der Waals surface area contributed by atoms with Crippen molar-refractivity contribution < 1.29 is 38.9 Å². The Hall–Kier alpha value is -4.97. The van der Waals surface area contributed by atoms with Gasteiger partial charge in [-0.05, 0) is 78.8 Å². The molecule has 3 aromatic rings. The second kappa shape index (κ2) is 26.4. The Morgan fingerprint density at radius 2 is 1.53 bits per heavy atom. The van der Waals surface area contributed by atoms with Gasteiger partial charge in [-0.25, -0.2) is 4.79 Å². The van der Waals surface area contributed by atoms with Crippen LogP contribution in [0.25, 0.3) is 0 Å². The number of aliphatic hydroxyl groups excluding tert-OH is 2. The Morgan fingerprint density at radius 1 is 0.864 bits per heavy atom. The number of fused-ring (bicyclic) bond motifs is 2. The molecule has 1 fully saturated rings. The van der Waals surface area contributed by atoms with Gasteiger partial charge < -0.3 is 39.5 Å². The third-order valence-corrected chi connectivity index (χ3v) is 13.7. The largest absolute Gasteiger partial charge is 0.459 e. The number of hydrogen-bond acceptors (Lipinski definition) is 9. The predicted octanol–water partition coefficient (Wildman–Crippen LogP) is 11.2. The van der Waals surface area contributed by atoms with E-state index in [0.717, 1.165) is 72.9 Å². The minimum absolute atomic E-state index is 0.0231. The summed E-state index contributed by atoms with van der Waals surface area (Å²) in [5.41, 5.74) is 4.53. The molecule has 358 valence electrons. The van der Waals surface area contributed by atoms with Gasteiger partial charge in [0.05, 0.1) is 18.2 Å². The molecule has 1 aliphatic heterocycles. The number of hydrogen-bond donors (Lipinski definition) is 3. The average molecular weight is 906 g/mol. The molecule has 0 bridgehead atoms. The third-order valence-electron chi connectivity index (χ3n) is 13.7. The first kappa shape index (κ1) is 50.4. The smallest absolute Gasteiger partial charge is 0.412 e. The molecule has 66 heavy (non-hydrogen) atoms. The van der Waals surface area contributed by atoms with Crippen molar-refractivity contribution in [1.29, 1.82) is 0 Å². The van der Waals surface area contributed by atoms with Crippen molar-refractivity contribution in [2.75, 3.05) is 26.9 Å². The molecule has 3 N–H and O–H groups in total. The van der Waals surface area contributed by atoms with E-state index in [1.165, 1.54) is 38.5 Å². The maximum atomic E-state index is 14.5. The molecule has 1 saturated carbocycles. The number of carbonyl (C=O) groups is 2. The van der Waals surface area contributed by atoms with Crippen molar-refractivity contribution in [3.8, 4) is 11.5 Å². The number of benzene rings is 3. The van der Waals surface area contributed by atoms with E-state index in [9.17, 15) is 19.8 Å². The van der Waals surface area contributed by atoms with Crippen molar-refractivity contribution in [1.82, 2.24) is 10.2 Å². The van der Waals surface area contributed by atoms with E-state index in [-0.39, 0.29) is 50.1 Å². The number of unbranched alkanes of at least 4 members (excludes halogenated alkanes) is 10. The fraction of sp³-hybridized carbons (Fsp3) is 0.545. The summed E-state index contributed by atoms with van der Waals surface area (Å²) in [5.74, 6) is -0.939. The number of nitrogens with zero attached hydrogens (tertiary/aromatic N) is 2. The van der Waals surface area contributed by atoms with Crippen molar-refractivity contribution >= 4 is 17.7 Å². The zero-order valence-electron chi connectivity index (χ0n) is 39.5. The van der Waals surface area contributed by atoms with Gasteiger partial charge in [-0.3, -0.25) is 4.79 Å². The van der Waals surface area contributed by atoms with Crippen LogP contribution in [-0.4, -0.2) is 71.5 Å². The highest BCUT2D eigenvalue weighted by Crippen LogP contribution is 2.62. The van der Waals surface area contributed by atoms with Crippen LogP contribution in [0.4, 0.5) is 4.79 Å². The van der Waals surface area contributed by atoms with Crippen molar-refractivity contribution in [3.05, 3.63) is 120 Å². The van der Waals surface area contributed by atoms with Gasteiger partial charge in [-0.1, -0.05) is 149 Å². The zero-order chi connectivity index (χ0) is 46.6. The van der Waals surface area contributed by atoms with Crippen molar-refractivity contribution in [2.24, 2.45) is 22.9 Å². The minimum Gasteiger partial charge on any atom is -0.459 e. The molecule has 6 atom stereocenters. The first-order valence-corrected chi connectivity index (χ1v) is 24.8. The van der Waals surface area contributed by atoms with Gasteiger partial charge in [0.1, 0.15) is 24.1 Å². The summed E-state index contributed by atoms with van der Waals surface area (Å²) >= 11 is 0. The second-order valence-corrected chi connectivity index (χ2v) is 18.3. The molecule has 0 aromatic heterocycles. The summed E-state index contributed by atoms with van der Waals surface area (Å²) in [4.78, 5) is 35.8. The van der Waals surface area contributed by atoms with Crippen molar-refractivity contribution in [2.45, 2.75) is 147 Å². The Morgan fingerprint density at radius 3 is 2.21 bits per heavy atom. The number of amides is 2. The van der Waals surface area contributed by atoms with Gasteiger partial charge in [0, 0.05) is 51.1 Å². The number of allylic oxidation sites excluding steroid dienone is 1. The standard InChI is InChI=1S/C55H75N3O8/c1-4-6-7-8-9-10-11-12-19-30-51(61)58(3)50-38-48(57-64-40-42-26-17-14-18-27-42)46-36-43(28-20-22-33-59)45(29-21-23-34-60)52-47-37-44(65-54(62)56-39-41-24-15-13-16-25-41)31-32-49(47)66-55(50,53(46)52)63-35-5-2/h5,13-18,24-27,31-32,36-37,43,45,50,52-53,59-60H,2,4,6-12,19-23,28-30,33-35,38-40H2,1,3H3,(H,56,62)/t43-,45+,50-,52+,53+,55+/m0/s1. The van der Waals surface area contributed by atoms with E-state index in [1.54, 1.807) is 12.1 Å². The number of carbonyl (C=O) groups excluding carboxylic acids is 2. The van der Waals surface area contributed by atoms with Crippen LogP contribution in [0, 0.1) is 17.8 Å². The number of ether oxygens (including phenoxy) is 3. The molecule has 0 saturated heterocycles. The third kappa shape index (κ3) is 13.3. The lowest BCUT2D eigenvalue weighted by molar-refractivity contribution is -0.255. The molecule has 6 rings (SSSR count). The van der Waals surface area contributed by atoms with Gasteiger partial charge in [0.15, 0.2) is 0 Å². The van der Waals surface area contributed by atoms with Crippen LogP contribution in [0.3, 0.4) is 0 Å². The Balaban J connectivity index is 1.40. The summed E-state index contributed by atoms with van der Waals surface area (Å²) in [6.07, 6.45) is 19.2. The van der Waals surface area contributed by atoms with E-state index in [2.05, 4.69) is 24.9 Å². The molecule has 2 amide bonds. The first-order chi connectivity index (χ1) is 32.3. The molecule has 0 radical (unpaired) electrons. The fourth-order valence-corrected chi connectivity index (χ4v) is 10.4. The summed E-state index contributed by atoms with van der Waals surface area (Å²) in [6.45, 7) is 7.25. The molecule has 11 nitrogen and oxygen atoms in total. The summed E-state index contributed by atoms with van der Waals surface area (Å²) in [7, 11) is 1.87. The van der Waals surface area contributed by atoms with E-state index in [4.69, 9.17) is 24.2 Å². The average Bonchev–Trinajstić information content (AvgIpc) is 3.34. The monoisotopic (exact) mass is 906 g/mol. The zero-order valence-corrected chi connectivity index (χ0v) is 39.5. The van der Waals surface area contributed by atoms with Gasteiger partial charge >= 0.3 is 6.09 Å². The minimum atomic E-state index is -1.35. The van der Waals surface area contributed by atoms with Crippen LogP contribution < -0.4 is 14.8 Å². The lowest BCUT2D eigenvalue weighted by Crippen LogP contribution is -2.69. The van der Waals surface area contributed by atoms with E-state index in [1.807, 2.05) is 84.7 Å². The lowest BCUT2D eigenvalue weighted by Gasteiger charge is -2.59. The van der Waals surface area contributed by atoms with Gasteiger partial charge in [0.2, 0.25) is 11.7 Å². The number of rotatable bonds is 28. The number of oxime groups is 1.